The number of hydrogen-bond donors (Lipinski definition) is 1. The zero-order valence-corrected chi connectivity index (χ0v) is 13.2. The fourth-order valence-electron chi connectivity index (χ4n) is 2.31. The van der Waals surface area contributed by atoms with Gasteiger partial charge in [-0.05, 0) is 23.8 Å². The van der Waals surface area contributed by atoms with Gasteiger partial charge in [0.05, 0.1) is 12.5 Å². The molecule has 1 fully saturated rings. The van der Waals surface area contributed by atoms with Gasteiger partial charge in [0.1, 0.15) is 0 Å². The van der Waals surface area contributed by atoms with Gasteiger partial charge >= 0.3 is 0 Å². The molecule has 0 amide bonds. The molecule has 1 aliphatic rings. The van der Waals surface area contributed by atoms with Crippen molar-refractivity contribution in [1.29, 1.82) is 5.26 Å². The van der Waals surface area contributed by atoms with E-state index >= 15 is 0 Å². The summed E-state index contributed by atoms with van der Waals surface area (Å²) in [6.45, 7) is 3.99. The monoisotopic (exact) mass is 371 g/mol. The lowest BCUT2D eigenvalue weighted by atomic mass is 10.0. The molecule has 1 N–H and O–H groups in total. The lowest BCUT2D eigenvalue weighted by molar-refractivity contribution is 0.175. The Bertz CT molecular complexity index is 430. The Morgan fingerprint density at radius 1 is 1.22 bits per heavy atom. The first-order chi connectivity index (χ1) is 8.70. The average molecular weight is 373 g/mol. The van der Waals surface area contributed by atoms with Gasteiger partial charge in [-0.1, -0.05) is 31.9 Å². The number of rotatable bonds is 3. The first-order valence-corrected chi connectivity index (χ1v) is 7.57. The van der Waals surface area contributed by atoms with Crippen molar-refractivity contribution in [3.63, 3.8) is 0 Å². The first kappa shape index (κ1) is 14.0. The van der Waals surface area contributed by atoms with Gasteiger partial charge in [-0.15, -0.1) is 0 Å². The summed E-state index contributed by atoms with van der Waals surface area (Å²) in [4.78, 5) is 2.38. The van der Waals surface area contributed by atoms with Crippen molar-refractivity contribution in [1.82, 2.24) is 10.2 Å². The number of nitriles is 1. The highest BCUT2D eigenvalue weighted by Gasteiger charge is 2.22. The Labute approximate surface area is 124 Å². The third-order valence-electron chi connectivity index (χ3n) is 3.15. The van der Waals surface area contributed by atoms with Crippen LogP contribution in [0.25, 0.3) is 0 Å². The average Bonchev–Trinajstić information content (AvgIpc) is 2.36. The van der Waals surface area contributed by atoms with Crippen molar-refractivity contribution in [2.75, 3.05) is 26.2 Å². The largest absolute Gasteiger partial charge is 0.314 e. The summed E-state index contributed by atoms with van der Waals surface area (Å²) in [7, 11) is 0. The normalized spacial score (nSPS) is 18.3. The Kier molecular flexibility index (Phi) is 5.19. The van der Waals surface area contributed by atoms with Crippen molar-refractivity contribution in [2.45, 2.75) is 12.5 Å². The molecular weight excluding hydrogens is 358 g/mol. The van der Waals surface area contributed by atoms with Gasteiger partial charge in [-0.3, -0.25) is 4.90 Å². The van der Waals surface area contributed by atoms with Gasteiger partial charge in [-0.25, -0.2) is 0 Å². The van der Waals surface area contributed by atoms with Crippen molar-refractivity contribution < 1.29 is 0 Å². The van der Waals surface area contributed by atoms with Gasteiger partial charge in [0.25, 0.3) is 0 Å². The highest BCUT2D eigenvalue weighted by atomic mass is 79.9. The van der Waals surface area contributed by atoms with Crippen molar-refractivity contribution >= 4 is 31.9 Å². The predicted octanol–water partition coefficient (Wildman–Crippen LogP) is 3.07. The molecule has 96 valence electrons. The van der Waals surface area contributed by atoms with Crippen LogP contribution in [0, 0.1) is 11.3 Å². The number of nitrogens with zero attached hydrogens (tertiary/aromatic N) is 2. The van der Waals surface area contributed by atoms with E-state index in [0.29, 0.717) is 6.42 Å². The van der Waals surface area contributed by atoms with Crippen LogP contribution in [-0.4, -0.2) is 31.1 Å². The molecule has 18 heavy (non-hydrogen) atoms. The van der Waals surface area contributed by atoms with Crippen LogP contribution in [0.5, 0.6) is 0 Å². The summed E-state index contributed by atoms with van der Waals surface area (Å²) in [5, 5.41) is 12.4. The summed E-state index contributed by atoms with van der Waals surface area (Å²) in [6.07, 6.45) is 0.531. The Balaban J connectivity index is 2.25. The van der Waals surface area contributed by atoms with E-state index in [4.69, 9.17) is 5.26 Å². The molecule has 0 spiro atoms. The van der Waals surface area contributed by atoms with Crippen LogP contribution in [0.2, 0.25) is 0 Å². The molecule has 0 aliphatic carbocycles. The molecule has 0 aromatic heterocycles. The maximum absolute atomic E-state index is 9.05. The van der Waals surface area contributed by atoms with Crippen LogP contribution >= 0.6 is 31.9 Å². The van der Waals surface area contributed by atoms with E-state index in [9.17, 15) is 0 Å². The molecule has 1 atom stereocenters. The molecule has 3 nitrogen and oxygen atoms in total. The molecule has 1 aromatic carbocycles. The van der Waals surface area contributed by atoms with Crippen LogP contribution < -0.4 is 5.32 Å². The van der Waals surface area contributed by atoms with E-state index in [1.807, 2.05) is 6.07 Å². The number of hydrogen-bond acceptors (Lipinski definition) is 3. The van der Waals surface area contributed by atoms with Gasteiger partial charge in [0.15, 0.2) is 0 Å². The Morgan fingerprint density at radius 2 is 1.83 bits per heavy atom. The SMILES string of the molecule is N#CC[C@@H](c1cc(Br)cc(Br)c1)N1CCNCC1. The fourth-order valence-corrected chi connectivity index (χ4v) is 3.63. The number of piperazine rings is 1. The standard InChI is InChI=1S/C13H15Br2N3/c14-11-7-10(8-12(15)9-11)13(1-2-16)18-5-3-17-4-6-18/h7-9,13,17H,1,3-6H2/t13-/m0/s1. The predicted molar refractivity (Wildman–Crippen MR) is 79.3 cm³/mol. The summed E-state index contributed by atoms with van der Waals surface area (Å²) in [6, 6.07) is 8.73. The van der Waals surface area contributed by atoms with Gasteiger partial charge < -0.3 is 5.32 Å². The maximum atomic E-state index is 9.05. The van der Waals surface area contributed by atoms with Crippen LogP contribution in [0.1, 0.15) is 18.0 Å². The van der Waals surface area contributed by atoms with Crippen LogP contribution in [-0.2, 0) is 0 Å². The zero-order valence-electron chi connectivity index (χ0n) is 10.00. The molecular formula is C13H15Br2N3. The van der Waals surface area contributed by atoms with Crippen molar-refractivity contribution in [2.24, 2.45) is 0 Å². The third kappa shape index (κ3) is 3.55. The summed E-state index contributed by atoms with van der Waals surface area (Å²) < 4.78 is 2.09. The minimum absolute atomic E-state index is 0.186. The minimum atomic E-state index is 0.186. The second kappa shape index (κ2) is 6.67. The highest BCUT2D eigenvalue weighted by Crippen LogP contribution is 2.29. The molecule has 0 unspecified atom stereocenters. The molecule has 2 rings (SSSR count). The summed E-state index contributed by atoms with van der Waals surface area (Å²) >= 11 is 7.03. The number of halogens is 2. The first-order valence-electron chi connectivity index (χ1n) is 5.98. The molecule has 0 saturated carbocycles. The highest BCUT2D eigenvalue weighted by molar-refractivity contribution is 9.11. The quantitative estimate of drug-likeness (QED) is 0.886. The number of nitrogens with one attached hydrogen (secondary N) is 1. The molecule has 1 heterocycles. The minimum Gasteiger partial charge on any atom is -0.314 e. The van der Waals surface area contributed by atoms with Crippen molar-refractivity contribution in [3.05, 3.63) is 32.7 Å². The lowest BCUT2D eigenvalue weighted by Gasteiger charge is -2.34. The summed E-state index contributed by atoms with van der Waals surface area (Å²) in [5.41, 5.74) is 1.19. The van der Waals surface area contributed by atoms with E-state index in [1.54, 1.807) is 0 Å². The zero-order chi connectivity index (χ0) is 13.0. The maximum Gasteiger partial charge on any atom is 0.0641 e. The lowest BCUT2D eigenvalue weighted by Crippen LogP contribution is -2.45. The molecule has 5 heteroatoms. The van der Waals surface area contributed by atoms with E-state index in [0.717, 1.165) is 35.1 Å². The Hall–Kier alpha value is -0.410. The molecule has 0 radical (unpaired) electrons. The van der Waals surface area contributed by atoms with Gasteiger partial charge in [0, 0.05) is 41.2 Å². The molecule has 1 saturated heterocycles. The second-order valence-electron chi connectivity index (χ2n) is 4.37. The topological polar surface area (TPSA) is 39.1 Å². The fraction of sp³-hybridized carbons (Fsp3) is 0.462. The smallest absolute Gasteiger partial charge is 0.0641 e. The van der Waals surface area contributed by atoms with Gasteiger partial charge in [0.2, 0.25) is 0 Å². The van der Waals surface area contributed by atoms with Crippen LogP contribution in [0.3, 0.4) is 0 Å². The van der Waals surface area contributed by atoms with Gasteiger partial charge in [-0.2, -0.15) is 5.26 Å². The summed E-state index contributed by atoms with van der Waals surface area (Å²) in [5.74, 6) is 0. The molecule has 1 aromatic rings. The third-order valence-corrected chi connectivity index (χ3v) is 4.06. The van der Waals surface area contributed by atoms with E-state index in [1.165, 1.54) is 5.56 Å². The molecule has 0 bridgehead atoms. The van der Waals surface area contributed by atoms with E-state index in [2.05, 4.69) is 60.3 Å². The van der Waals surface area contributed by atoms with Crippen LogP contribution in [0.4, 0.5) is 0 Å². The number of benzene rings is 1. The Morgan fingerprint density at radius 3 is 2.39 bits per heavy atom. The van der Waals surface area contributed by atoms with E-state index < -0.39 is 0 Å². The van der Waals surface area contributed by atoms with E-state index in [-0.39, 0.29) is 6.04 Å². The van der Waals surface area contributed by atoms with Crippen LogP contribution in [0.15, 0.2) is 27.1 Å². The van der Waals surface area contributed by atoms with Crippen molar-refractivity contribution in [3.8, 4) is 6.07 Å². The molecule has 1 aliphatic heterocycles. The second-order valence-corrected chi connectivity index (χ2v) is 6.20.